The first-order valence-corrected chi connectivity index (χ1v) is 8.29. The minimum absolute atomic E-state index is 0.0844. The number of nitrogens with zero attached hydrogens (tertiary/aromatic N) is 2. The molecule has 1 aromatic carbocycles. The highest BCUT2D eigenvalue weighted by molar-refractivity contribution is 7.10. The Labute approximate surface area is 135 Å². The molecule has 114 valence electrons. The van der Waals surface area contributed by atoms with Gasteiger partial charge in [-0.2, -0.15) is 0 Å². The van der Waals surface area contributed by atoms with Crippen LogP contribution >= 0.6 is 11.3 Å². The number of fused-ring (bicyclic) bond motifs is 1. The van der Waals surface area contributed by atoms with Crippen molar-refractivity contribution < 1.29 is 4.74 Å². The Morgan fingerprint density at radius 1 is 1.18 bits per heavy atom. The van der Waals surface area contributed by atoms with Crippen molar-refractivity contribution in [3.63, 3.8) is 0 Å². The van der Waals surface area contributed by atoms with Gasteiger partial charge in [0.2, 0.25) is 0 Å². The second-order valence-electron chi connectivity index (χ2n) is 5.57. The smallest absolute Gasteiger partial charge is 0.134 e. The van der Waals surface area contributed by atoms with Gasteiger partial charge in [-0.1, -0.05) is 18.2 Å². The number of pyridine rings is 1. The van der Waals surface area contributed by atoms with Gasteiger partial charge in [0.25, 0.3) is 0 Å². The quantitative estimate of drug-likeness (QED) is 0.676. The van der Waals surface area contributed by atoms with Crippen molar-refractivity contribution in [3.8, 4) is 5.75 Å². The van der Waals surface area contributed by atoms with E-state index >= 15 is 0 Å². The zero-order valence-corrected chi connectivity index (χ0v) is 13.7. The number of aromatic nitrogens is 1. The normalized spacial score (nSPS) is 12.7. The van der Waals surface area contributed by atoms with Gasteiger partial charge in [-0.15, -0.1) is 11.3 Å². The van der Waals surface area contributed by atoms with Crippen LogP contribution < -0.4 is 4.74 Å². The van der Waals surface area contributed by atoms with Crippen LogP contribution in [0.25, 0.3) is 10.8 Å². The Kier molecular flexibility index (Phi) is 4.71. The second-order valence-corrected chi connectivity index (χ2v) is 6.55. The molecule has 0 aliphatic heterocycles. The van der Waals surface area contributed by atoms with Crippen molar-refractivity contribution in [1.29, 1.82) is 0 Å². The summed E-state index contributed by atoms with van der Waals surface area (Å²) in [7, 11) is 4.18. The molecule has 0 radical (unpaired) electrons. The second kappa shape index (κ2) is 6.90. The van der Waals surface area contributed by atoms with Gasteiger partial charge >= 0.3 is 0 Å². The van der Waals surface area contributed by atoms with Crippen LogP contribution in [0.4, 0.5) is 0 Å². The lowest BCUT2D eigenvalue weighted by atomic mass is 10.1. The van der Waals surface area contributed by atoms with Crippen LogP contribution in [0.2, 0.25) is 0 Å². The Bertz CT molecular complexity index is 720. The highest BCUT2D eigenvalue weighted by atomic mass is 32.1. The fourth-order valence-electron chi connectivity index (χ4n) is 2.46. The fraction of sp³-hybridized carbons (Fsp3) is 0.278. The van der Waals surface area contributed by atoms with Gasteiger partial charge in [-0.3, -0.25) is 4.98 Å². The molecule has 22 heavy (non-hydrogen) atoms. The molecule has 2 heterocycles. The third kappa shape index (κ3) is 3.46. The topological polar surface area (TPSA) is 25.4 Å². The number of thiophene rings is 1. The lowest BCUT2D eigenvalue weighted by Gasteiger charge is -2.21. The number of hydrogen-bond donors (Lipinski definition) is 0. The first-order valence-electron chi connectivity index (χ1n) is 7.41. The number of hydrogen-bond acceptors (Lipinski definition) is 4. The van der Waals surface area contributed by atoms with Gasteiger partial charge < -0.3 is 9.64 Å². The summed E-state index contributed by atoms with van der Waals surface area (Å²) in [4.78, 5) is 7.65. The Balaban J connectivity index is 1.88. The van der Waals surface area contributed by atoms with Crippen LogP contribution in [0.3, 0.4) is 0 Å². The molecular formula is C18H20N2OS. The Morgan fingerprint density at radius 2 is 2.09 bits per heavy atom. The molecule has 3 nitrogen and oxygen atoms in total. The van der Waals surface area contributed by atoms with Crippen LogP contribution in [0.1, 0.15) is 17.4 Å². The van der Waals surface area contributed by atoms with Crippen molar-refractivity contribution >= 4 is 22.1 Å². The van der Waals surface area contributed by atoms with Gasteiger partial charge in [0.1, 0.15) is 11.9 Å². The number of ether oxygens (including phenoxy) is 1. The molecule has 0 amide bonds. The molecular weight excluding hydrogens is 292 g/mol. The predicted octanol–water partition coefficient (Wildman–Crippen LogP) is 4.37. The van der Waals surface area contributed by atoms with E-state index in [1.807, 2.05) is 30.6 Å². The molecule has 0 spiro atoms. The van der Waals surface area contributed by atoms with E-state index in [1.165, 1.54) is 4.88 Å². The van der Waals surface area contributed by atoms with Crippen LogP contribution in [-0.2, 0) is 0 Å². The van der Waals surface area contributed by atoms with E-state index in [1.54, 1.807) is 11.3 Å². The SMILES string of the molecule is CN(C)CCC(Oc1cccc2cnccc12)c1cccs1. The largest absolute Gasteiger partial charge is 0.484 e. The van der Waals surface area contributed by atoms with Gasteiger partial charge in [-0.25, -0.2) is 0 Å². The fourth-order valence-corrected chi connectivity index (χ4v) is 3.25. The average Bonchev–Trinajstić information content (AvgIpc) is 3.05. The van der Waals surface area contributed by atoms with E-state index in [9.17, 15) is 0 Å². The molecule has 3 aromatic rings. The van der Waals surface area contributed by atoms with E-state index < -0.39 is 0 Å². The van der Waals surface area contributed by atoms with Crippen molar-refractivity contribution in [2.45, 2.75) is 12.5 Å². The molecule has 2 aromatic heterocycles. The van der Waals surface area contributed by atoms with Crippen molar-refractivity contribution in [2.75, 3.05) is 20.6 Å². The molecule has 0 fully saturated rings. The molecule has 0 aliphatic carbocycles. The minimum atomic E-state index is 0.0844. The lowest BCUT2D eigenvalue weighted by Crippen LogP contribution is -2.18. The van der Waals surface area contributed by atoms with E-state index in [0.717, 1.165) is 29.5 Å². The molecule has 0 aliphatic rings. The first kappa shape index (κ1) is 15.0. The standard InChI is InChI=1S/C18H20N2OS/c1-20(2)11-9-17(18-7-4-12-22-18)21-16-6-3-5-14-13-19-10-8-15(14)16/h3-8,10,12-13,17H,9,11H2,1-2H3. The third-order valence-corrected chi connectivity index (χ3v) is 4.57. The van der Waals surface area contributed by atoms with Crippen molar-refractivity contribution in [2.24, 2.45) is 0 Å². The third-order valence-electron chi connectivity index (χ3n) is 3.61. The van der Waals surface area contributed by atoms with Crippen molar-refractivity contribution in [1.82, 2.24) is 9.88 Å². The maximum atomic E-state index is 6.38. The summed E-state index contributed by atoms with van der Waals surface area (Å²) < 4.78 is 6.38. The Morgan fingerprint density at radius 3 is 2.86 bits per heavy atom. The summed E-state index contributed by atoms with van der Waals surface area (Å²) >= 11 is 1.75. The van der Waals surface area contributed by atoms with Crippen LogP contribution in [0.5, 0.6) is 5.75 Å². The summed E-state index contributed by atoms with van der Waals surface area (Å²) in [5, 5.41) is 4.33. The zero-order valence-electron chi connectivity index (χ0n) is 12.9. The van der Waals surface area contributed by atoms with Gasteiger partial charge in [0.05, 0.1) is 0 Å². The summed E-state index contributed by atoms with van der Waals surface area (Å²) in [6.07, 6.45) is 4.74. The number of rotatable bonds is 6. The predicted molar refractivity (Wildman–Crippen MR) is 92.6 cm³/mol. The molecule has 0 bridgehead atoms. The van der Waals surface area contributed by atoms with E-state index in [-0.39, 0.29) is 6.10 Å². The first-order chi connectivity index (χ1) is 10.7. The minimum Gasteiger partial charge on any atom is -0.484 e. The summed E-state index contributed by atoms with van der Waals surface area (Å²) in [5.41, 5.74) is 0. The zero-order chi connectivity index (χ0) is 15.4. The van der Waals surface area contributed by atoms with Gasteiger partial charge in [-0.05, 0) is 37.7 Å². The maximum absolute atomic E-state index is 6.38. The number of benzene rings is 1. The van der Waals surface area contributed by atoms with E-state index in [2.05, 4.69) is 47.6 Å². The monoisotopic (exact) mass is 312 g/mol. The van der Waals surface area contributed by atoms with Gasteiger partial charge in [0, 0.05) is 41.0 Å². The van der Waals surface area contributed by atoms with Crippen LogP contribution in [0.15, 0.2) is 54.2 Å². The Hall–Kier alpha value is -1.91. The lowest BCUT2D eigenvalue weighted by molar-refractivity contribution is 0.185. The highest BCUT2D eigenvalue weighted by Crippen LogP contribution is 2.32. The van der Waals surface area contributed by atoms with Crippen molar-refractivity contribution in [3.05, 3.63) is 59.0 Å². The molecule has 3 rings (SSSR count). The summed E-state index contributed by atoms with van der Waals surface area (Å²) in [5.74, 6) is 0.928. The van der Waals surface area contributed by atoms with Crippen LogP contribution in [-0.4, -0.2) is 30.5 Å². The molecule has 0 saturated heterocycles. The maximum Gasteiger partial charge on any atom is 0.134 e. The highest BCUT2D eigenvalue weighted by Gasteiger charge is 2.16. The van der Waals surface area contributed by atoms with E-state index in [4.69, 9.17) is 4.74 Å². The molecule has 0 saturated carbocycles. The van der Waals surface area contributed by atoms with Gasteiger partial charge in [0.15, 0.2) is 0 Å². The van der Waals surface area contributed by atoms with Crippen LogP contribution in [0, 0.1) is 0 Å². The molecule has 1 unspecified atom stereocenters. The molecule has 1 atom stereocenters. The van der Waals surface area contributed by atoms with E-state index in [0.29, 0.717) is 0 Å². The summed E-state index contributed by atoms with van der Waals surface area (Å²) in [6, 6.07) is 12.4. The average molecular weight is 312 g/mol. The summed E-state index contributed by atoms with van der Waals surface area (Å²) in [6.45, 7) is 0.995. The molecule has 0 N–H and O–H groups in total. The molecule has 4 heteroatoms.